The maximum atomic E-state index is 15.1. The third-order valence-corrected chi connectivity index (χ3v) is 6.84. The number of ether oxygens (including phenoxy) is 3. The van der Waals surface area contributed by atoms with E-state index in [2.05, 4.69) is 20.1 Å². The number of fused-ring (bicyclic) bond motifs is 1. The van der Waals surface area contributed by atoms with Crippen LogP contribution in [0.4, 0.5) is 33.9 Å². The van der Waals surface area contributed by atoms with E-state index >= 15 is 8.78 Å². The van der Waals surface area contributed by atoms with Gasteiger partial charge in [-0.3, -0.25) is 9.67 Å². The van der Waals surface area contributed by atoms with Crippen molar-refractivity contribution in [3.63, 3.8) is 0 Å². The highest BCUT2D eigenvalue weighted by atomic mass is 19.3. The summed E-state index contributed by atoms with van der Waals surface area (Å²) in [6.45, 7) is 8.78. The Morgan fingerprint density at radius 2 is 1.73 bits per heavy atom. The third-order valence-electron chi connectivity index (χ3n) is 6.84. The van der Waals surface area contributed by atoms with Crippen molar-refractivity contribution in [1.82, 2.24) is 24.7 Å². The quantitative estimate of drug-likeness (QED) is 0.130. The van der Waals surface area contributed by atoms with Gasteiger partial charge in [-0.05, 0) is 52.3 Å². The molecule has 3 aromatic heterocycles. The molecule has 10 nitrogen and oxygen atoms in total. The number of halogens is 4. The summed E-state index contributed by atoms with van der Waals surface area (Å²) in [6.07, 6.45) is -0.734. The van der Waals surface area contributed by atoms with Gasteiger partial charge >= 0.3 is 6.09 Å². The number of amides is 1. The van der Waals surface area contributed by atoms with E-state index in [1.807, 2.05) is 6.92 Å². The normalized spacial score (nSPS) is 11.6. The summed E-state index contributed by atoms with van der Waals surface area (Å²) >= 11 is 0. The van der Waals surface area contributed by atoms with Gasteiger partial charge in [0.2, 0.25) is 0 Å². The summed E-state index contributed by atoms with van der Waals surface area (Å²) in [7, 11) is 0. The molecule has 0 aliphatic rings. The molecule has 48 heavy (non-hydrogen) atoms. The molecule has 0 atom stereocenters. The predicted molar refractivity (Wildman–Crippen MR) is 171 cm³/mol. The molecule has 0 saturated heterocycles. The lowest BCUT2D eigenvalue weighted by Gasteiger charge is -2.28. The van der Waals surface area contributed by atoms with Crippen molar-refractivity contribution in [3.8, 4) is 23.0 Å². The van der Waals surface area contributed by atoms with Crippen LogP contribution in [-0.2, 0) is 11.3 Å². The van der Waals surface area contributed by atoms with Crippen LogP contribution in [0.1, 0.15) is 58.7 Å². The SMILES string of the molecule is CCCOc1cnc(-c2nn(Cc3c(F)cc(OCC)cc3F)c3ccccc23)nc1N(C(=O)OC(C)(C)C)c1ccnc(C(F)F)c1. The minimum atomic E-state index is -2.91. The Morgan fingerprint density at radius 1 is 1.00 bits per heavy atom. The molecule has 0 saturated carbocycles. The molecule has 14 heteroatoms. The number of rotatable bonds is 11. The standard InChI is InChI=1S/C34H34F4N6O4/c1-6-14-47-28-18-40-31(41-32(28)44(33(45)48-34(3,4)5)20-12-13-39-26(15-20)30(37)38)29-22-10-8-9-11-27(22)43(42-29)19-23-24(35)16-21(46-7-2)17-25(23)36/h8-13,15-18,30H,6-7,14,19H2,1-5H3. The molecule has 0 aliphatic heterocycles. The van der Waals surface area contributed by atoms with Crippen LogP contribution in [0.25, 0.3) is 22.4 Å². The first-order valence-electron chi connectivity index (χ1n) is 15.2. The fraction of sp³-hybridized carbons (Fsp3) is 0.324. The van der Waals surface area contributed by atoms with Crippen LogP contribution >= 0.6 is 0 Å². The molecule has 1 amide bonds. The van der Waals surface area contributed by atoms with Crippen LogP contribution in [0, 0.1) is 11.6 Å². The fourth-order valence-corrected chi connectivity index (χ4v) is 4.81. The van der Waals surface area contributed by atoms with Gasteiger partial charge < -0.3 is 14.2 Å². The van der Waals surface area contributed by atoms with Crippen LogP contribution in [0.2, 0.25) is 0 Å². The van der Waals surface area contributed by atoms with E-state index in [1.54, 1.807) is 52.0 Å². The van der Waals surface area contributed by atoms with Gasteiger partial charge in [-0.15, -0.1) is 0 Å². The van der Waals surface area contributed by atoms with Crippen molar-refractivity contribution in [2.75, 3.05) is 18.1 Å². The highest BCUT2D eigenvalue weighted by Gasteiger charge is 2.31. The molecule has 2 aromatic carbocycles. The summed E-state index contributed by atoms with van der Waals surface area (Å²) in [5, 5.41) is 5.19. The van der Waals surface area contributed by atoms with E-state index in [4.69, 9.17) is 14.2 Å². The van der Waals surface area contributed by atoms with Gasteiger partial charge in [0.1, 0.15) is 34.4 Å². The Balaban J connectivity index is 1.67. The number of carbonyl (C=O) groups is 1. The number of benzene rings is 2. The topological polar surface area (TPSA) is 104 Å². The predicted octanol–water partition coefficient (Wildman–Crippen LogP) is 8.41. The summed E-state index contributed by atoms with van der Waals surface area (Å²) in [5.41, 5.74) is -1.01. The van der Waals surface area contributed by atoms with Gasteiger partial charge in [-0.2, -0.15) is 5.10 Å². The summed E-state index contributed by atoms with van der Waals surface area (Å²) in [6, 6.07) is 11.6. The van der Waals surface area contributed by atoms with Crippen molar-refractivity contribution in [2.45, 2.75) is 59.6 Å². The van der Waals surface area contributed by atoms with Gasteiger partial charge in [0, 0.05) is 29.3 Å². The Bertz CT molecular complexity index is 1910. The lowest BCUT2D eigenvalue weighted by Crippen LogP contribution is -2.34. The summed E-state index contributed by atoms with van der Waals surface area (Å²) in [4.78, 5) is 27.6. The van der Waals surface area contributed by atoms with E-state index in [1.165, 1.54) is 16.9 Å². The fourth-order valence-electron chi connectivity index (χ4n) is 4.81. The molecule has 0 N–H and O–H groups in total. The molecular formula is C34H34F4N6O4. The first-order chi connectivity index (χ1) is 22.9. The molecule has 252 valence electrons. The van der Waals surface area contributed by atoms with Crippen molar-refractivity contribution in [2.24, 2.45) is 0 Å². The Labute approximate surface area is 274 Å². The smallest absolute Gasteiger partial charge is 0.420 e. The van der Waals surface area contributed by atoms with Crippen LogP contribution in [0.5, 0.6) is 11.5 Å². The molecule has 0 spiro atoms. The first-order valence-corrected chi connectivity index (χ1v) is 15.2. The average Bonchev–Trinajstić information content (AvgIpc) is 3.40. The largest absolute Gasteiger partial charge is 0.494 e. The zero-order chi connectivity index (χ0) is 34.6. The molecular weight excluding hydrogens is 632 g/mol. The number of carbonyl (C=O) groups excluding carboxylic acids is 1. The molecule has 0 unspecified atom stereocenters. The van der Waals surface area contributed by atoms with Gasteiger partial charge in [-0.25, -0.2) is 37.2 Å². The molecule has 0 bridgehead atoms. The second-order valence-corrected chi connectivity index (χ2v) is 11.6. The molecule has 3 heterocycles. The van der Waals surface area contributed by atoms with Crippen LogP contribution < -0.4 is 14.4 Å². The van der Waals surface area contributed by atoms with Crippen LogP contribution in [0.15, 0.2) is 60.9 Å². The first kappa shape index (κ1) is 34.1. The molecule has 5 rings (SSSR count). The number of pyridine rings is 1. The van der Waals surface area contributed by atoms with E-state index in [-0.39, 0.29) is 59.8 Å². The van der Waals surface area contributed by atoms with E-state index in [0.29, 0.717) is 17.3 Å². The third kappa shape index (κ3) is 7.48. The number of hydrogen-bond acceptors (Lipinski definition) is 8. The molecule has 5 aromatic rings. The molecule has 0 aliphatic carbocycles. The lowest BCUT2D eigenvalue weighted by molar-refractivity contribution is 0.0596. The minimum Gasteiger partial charge on any atom is -0.494 e. The highest BCUT2D eigenvalue weighted by molar-refractivity contribution is 5.97. The van der Waals surface area contributed by atoms with E-state index in [0.717, 1.165) is 29.3 Å². The zero-order valence-electron chi connectivity index (χ0n) is 27.0. The maximum Gasteiger partial charge on any atom is 0.420 e. The molecule has 0 fully saturated rings. The number of alkyl halides is 2. The lowest BCUT2D eigenvalue weighted by atomic mass is 10.1. The Morgan fingerprint density at radius 3 is 2.40 bits per heavy atom. The highest BCUT2D eigenvalue weighted by Crippen LogP contribution is 2.37. The Hall–Kier alpha value is -5.27. The van der Waals surface area contributed by atoms with Crippen LogP contribution in [-0.4, -0.2) is 49.6 Å². The number of aromatic nitrogens is 5. The van der Waals surface area contributed by atoms with Crippen LogP contribution in [0.3, 0.4) is 0 Å². The Kier molecular flexibility index (Phi) is 10.1. The number of nitrogens with zero attached hydrogens (tertiary/aromatic N) is 6. The number of para-hydroxylation sites is 1. The van der Waals surface area contributed by atoms with Gasteiger partial charge in [-0.1, -0.05) is 25.1 Å². The maximum absolute atomic E-state index is 15.1. The number of anilines is 2. The van der Waals surface area contributed by atoms with Crippen molar-refractivity contribution in [1.29, 1.82) is 0 Å². The number of hydrogen-bond donors (Lipinski definition) is 0. The van der Waals surface area contributed by atoms with Crippen molar-refractivity contribution in [3.05, 3.63) is 83.8 Å². The minimum absolute atomic E-state index is 0.00242. The average molecular weight is 667 g/mol. The monoisotopic (exact) mass is 666 g/mol. The van der Waals surface area contributed by atoms with Gasteiger partial charge in [0.05, 0.1) is 37.2 Å². The second kappa shape index (κ2) is 14.2. The van der Waals surface area contributed by atoms with Gasteiger partial charge in [0.15, 0.2) is 17.4 Å². The zero-order valence-corrected chi connectivity index (χ0v) is 27.0. The summed E-state index contributed by atoms with van der Waals surface area (Å²) in [5.74, 6) is -1.54. The van der Waals surface area contributed by atoms with E-state index in [9.17, 15) is 13.6 Å². The van der Waals surface area contributed by atoms with Gasteiger partial charge in [0.25, 0.3) is 6.43 Å². The second-order valence-electron chi connectivity index (χ2n) is 11.6. The van der Waals surface area contributed by atoms with E-state index < -0.39 is 35.4 Å². The van der Waals surface area contributed by atoms with Crippen molar-refractivity contribution >= 4 is 28.5 Å². The van der Waals surface area contributed by atoms with Crippen molar-refractivity contribution < 1.29 is 36.6 Å². The summed E-state index contributed by atoms with van der Waals surface area (Å²) < 4.78 is 75.8. The molecule has 0 radical (unpaired) electrons.